The van der Waals surface area contributed by atoms with Crippen LogP contribution in [0.2, 0.25) is 0 Å². The molecule has 3 unspecified atom stereocenters. The first-order chi connectivity index (χ1) is 44.8. The topological polar surface area (TPSA) is 237 Å². The van der Waals surface area contributed by atoms with Crippen molar-refractivity contribution in [2.75, 3.05) is 39.6 Å². The van der Waals surface area contributed by atoms with Crippen molar-refractivity contribution in [1.29, 1.82) is 0 Å². The van der Waals surface area contributed by atoms with E-state index in [4.69, 9.17) is 37.0 Å². The average Bonchev–Trinajstić information content (AvgIpc) is 2.46. The number of hydrogen-bond donors (Lipinski definition) is 3. The summed E-state index contributed by atoms with van der Waals surface area (Å²) in [6.45, 7) is 11.7. The average molecular weight is 1360 g/mol. The number of hydrogen-bond acceptors (Lipinski definition) is 15. The molecule has 17 nitrogen and oxygen atoms in total. The normalized spacial score (nSPS) is 14.6. The van der Waals surface area contributed by atoms with Gasteiger partial charge in [-0.2, -0.15) is 0 Å². The van der Waals surface area contributed by atoms with Crippen molar-refractivity contribution in [2.45, 2.75) is 369 Å². The summed E-state index contributed by atoms with van der Waals surface area (Å²) in [7, 11) is -9.92. The Labute approximate surface area is 567 Å². The number of rotatable bonds is 70. The first kappa shape index (κ1) is 90.5. The SMILES string of the molecule is CCCCCC/C=C\C=C/CCCCCCCC(=O)O[C@H](COC(=O)CCCCCCCCCCCCCCCCC(C)C)COP(=O)(O)OC[C@@H](O)COP(=O)(O)OC[C@@H](COC(=O)CCCCCCCCC(C)C)OC(=O)CCCCCCCCCCC(C)CC. The maximum atomic E-state index is 13.1. The van der Waals surface area contributed by atoms with Crippen LogP contribution in [-0.2, 0) is 65.4 Å². The molecule has 19 heteroatoms. The highest BCUT2D eigenvalue weighted by Crippen LogP contribution is 2.45. The molecule has 0 aliphatic rings. The van der Waals surface area contributed by atoms with Gasteiger partial charge in [0.1, 0.15) is 19.3 Å². The van der Waals surface area contributed by atoms with E-state index < -0.39 is 97.5 Å². The lowest BCUT2D eigenvalue weighted by atomic mass is 9.99. The van der Waals surface area contributed by atoms with Crippen LogP contribution in [0, 0.1) is 17.8 Å². The molecule has 6 atom stereocenters. The monoisotopic (exact) mass is 1360 g/mol. The molecule has 0 saturated heterocycles. The van der Waals surface area contributed by atoms with E-state index in [0.717, 1.165) is 121 Å². The van der Waals surface area contributed by atoms with Gasteiger partial charge in [0, 0.05) is 25.7 Å². The molecule has 0 rings (SSSR count). The van der Waals surface area contributed by atoms with Gasteiger partial charge in [-0.05, 0) is 69.1 Å². The van der Waals surface area contributed by atoms with Crippen LogP contribution in [0.15, 0.2) is 24.3 Å². The van der Waals surface area contributed by atoms with Gasteiger partial charge in [-0.3, -0.25) is 37.3 Å². The van der Waals surface area contributed by atoms with E-state index >= 15 is 0 Å². The summed E-state index contributed by atoms with van der Waals surface area (Å²) in [6, 6.07) is 0. The first-order valence-corrected chi connectivity index (χ1v) is 40.7. The number of unbranched alkanes of at least 4 members (excludes halogenated alkanes) is 34. The molecule has 0 aromatic heterocycles. The fraction of sp³-hybridized carbons (Fsp3) is 0.892. The van der Waals surface area contributed by atoms with Gasteiger partial charge in [0.05, 0.1) is 26.4 Å². The van der Waals surface area contributed by atoms with E-state index in [1.165, 1.54) is 141 Å². The zero-order valence-corrected chi connectivity index (χ0v) is 62.0. The molecule has 3 N–H and O–H groups in total. The maximum absolute atomic E-state index is 13.1. The maximum Gasteiger partial charge on any atom is 0.472 e. The van der Waals surface area contributed by atoms with E-state index in [0.29, 0.717) is 31.6 Å². The van der Waals surface area contributed by atoms with Gasteiger partial charge in [-0.25, -0.2) is 9.13 Å². The molecular formula is C74H140O17P2. The summed E-state index contributed by atoms with van der Waals surface area (Å²) >= 11 is 0. The summed E-state index contributed by atoms with van der Waals surface area (Å²) in [4.78, 5) is 72.6. The summed E-state index contributed by atoms with van der Waals surface area (Å²) in [6.07, 6.45) is 52.3. The van der Waals surface area contributed by atoms with Crippen LogP contribution < -0.4 is 0 Å². The summed E-state index contributed by atoms with van der Waals surface area (Å²) < 4.78 is 68.3. The zero-order chi connectivity index (χ0) is 68.7. The third-order valence-electron chi connectivity index (χ3n) is 16.9. The second-order valence-corrected chi connectivity index (χ2v) is 30.1. The quantitative estimate of drug-likeness (QED) is 0.0169. The third kappa shape index (κ3) is 66.6. The Bertz CT molecular complexity index is 1910. The van der Waals surface area contributed by atoms with E-state index in [1.54, 1.807) is 0 Å². The number of aliphatic hydroxyl groups is 1. The number of aliphatic hydroxyl groups excluding tert-OH is 1. The molecule has 0 aromatic rings. The third-order valence-corrected chi connectivity index (χ3v) is 18.8. The molecular weight excluding hydrogens is 1220 g/mol. The van der Waals surface area contributed by atoms with Gasteiger partial charge in [0.15, 0.2) is 12.2 Å². The van der Waals surface area contributed by atoms with Crippen LogP contribution in [0.3, 0.4) is 0 Å². The highest BCUT2D eigenvalue weighted by molar-refractivity contribution is 7.47. The fourth-order valence-corrected chi connectivity index (χ4v) is 12.3. The Morgan fingerprint density at radius 3 is 0.957 bits per heavy atom. The van der Waals surface area contributed by atoms with Crippen molar-refractivity contribution in [3.05, 3.63) is 24.3 Å². The minimum absolute atomic E-state index is 0.0847. The van der Waals surface area contributed by atoms with Gasteiger partial charge in [-0.15, -0.1) is 0 Å². The second-order valence-electron chi connectivity index (χ2n) is 27.2. The molecule has 0 aromatic carbocycles. The molecule has 0 saturated carbocycles. The summed E-state index contributed by atoms with van der Waals surface area (Å²) in [5.74, 6) is 0.0879. The van der Waals surface area contributed by atoms with E-state index in [-0.39, 0.29) is 25.7 Å². The van der Waals surface area contributed by atoms with Crippen LogP contribution in [0.4, 0.5) is 0 Å². The van der Waals surface area contributed by atoms with Crippen molar-refractivity contribution in [3.8, 4) is 0 Å². The largest absolute Gasteiger partial charge is 0.472 e. The number of phosphoric acid groups is 2. The Balaban J connectivity index is 5.27. The molecule has 93 heavy (non-hydrogen) atoms. The van der Waals surface area contributed by atoms with E-state index in [9.17, 15) is 43.2 Å². The Kier molecular flexibility index (Phi) is 62.5. The van der Waals surface area contributed by atoms with Gasteiger partial charge in [-0.1, -0.05) is 297 Å². The number of allylic oxidation sites excluding steroid dienone is 4. The first-order valence-electron chi connectivity index (χ1n) is 37.7. The molecule has 548 valence electrons. The van der Waals surface area contributed by atoms with E-state index in [2.05, 4.69) is 72.8 Å². The second kappa shape index (κ2) is 64.2. The molecule has 0 radical (unpaired) electrons. The summed E-state index contributed by atoms with van der Waals surface area (Å²) in [5.41, 5.74) is 0. The van der Waals surface area contributed by atoms with Gasteiger partial charge >= 0.3 is 39.5 Å². The highest BCUT2D eigenvalue weighted by Gasteiger charge is 2.30. The van der Waals surface area contributed by atoms with Gasteiger partial charge in [0.25, 0.3) is 0 Å². The van der Waals surface area contributed by atoms with Crippen LogP contribution in [0.25, 0.3) is 0 Å². The molecule has 0 bridgehead atoms. The lowest BCUT2D eigenvalue weighted by molar-refractivity contribution is -0.161. The molecule has 0 aliphatic heterocycles. The molecule has 0 heterocycles. The number of esters is 4. The summed E-state index contributed by atoms with van der Waals surface area (Å²) in [5, 5.41) is 10.6. The Morgan fingerprint density at radius 2 is 0.634 bits per heavy atom. The smallest absolute Gasteiger partial charge is 0.462 e. The Hall–Kier alpha value is -2.46. The van der Waals surface area contributed by atoms with Crippen molar-refractivity contribution in [1.82, 2.24) is 0 Å². The predicted molar refractivity (Wildman–Crippen MR) is 377 cm³/mol. The molecule has 0 spiro atoms. The van der Waals surface area contributed by atoms with Crippen LogP contribution >= 0.6 is 15.6 Å². The minimum Gasteiger partial charge on any atom is -0.462 e. The standard InChI is InChI=1S/C74H140O17P2/c1-8-10-11-12-13-14-15-16-17-22-25-28-34-43-50-57-73(78)90-69(61-84-71(76)55-48-41-33-27-24-21-19-18-20-23-26-31-38-45-52-65(3)4)63-88-92(80,81)86-59-68(75)60-87-93(82,83)89-64-70(62-85-72(77)56-49-42-37-36-39-46-53-66(5)6)91-74(79)58-51-44-35-30-29-32-40-47-54-67(7)9-2/h14-17,65-70,75H,8-13,18-64H2,1-7H3,(H,80,81)(H,82,83)/b15-14-,17-16-/t67?,68-,69-,70-/m1/s1. The fourth-order valence-electron chi connectivity index (χ4n) is 10.7. The lowest BCUT2D eigenvalue weighted by Crippen LogP contribution is -2.30. The van der Waals surface area contributed by atoms with Crippen LogP contribution in [0.1, 0.15) is 350 Å². The molecule has 0 amide bonds. The lowest BCUT2D eigenvalue weighted by Gasteiger charge is -2.21. The zero-order valence-electron chi connectivity index (χ0n) is 60.2. The van der Waals surface area contributed by atoms with Crippen molar-refractivity contribution >= 4 is 39.5 Å². The van der Waals surface area contributed by atoms with Gasteiger partial charge < -0.3 is 33.8 Å². The number of phosphoric ester groups is 2. The highest BCUT2D eigenvalue weighted by atomic mass is 31.2. The minimum atomic E-state index is -4.96. The predicted octanol–water partition coefficient (Wildman–Crippen LogP) is 21.0. The van der Waals surface area contributed by atoms with Gasteiger partial charge in [0.2, 0.25) is 0 Å². The van der Waals surface area contributed by atoms with Crippen LogP contribution in [0.5, 0.6) is 0 Å². The van der Waals surface area contributed by atoms with Crippen LogP contribution in [-0.4, -0.2) is 96.7 Å². The molecule has 0 fully saturated rings. The van der Waals surface area contributed by atoms with Crippen molar-refractivity contribution in [3.63, 3.8) is 0 Å². The van der Waals surface area contributed by atoms with Crippen molar-refractivity contribution < 1.29 is 80.2 Å². The number of carbonyl (C=O) groups excluding carboxylic acids is 4. The molecule has 0 aliphatic carbocycles. The number of carbonyl (C=O) groups is 4. The van der Waals surface area contributed by atoms with E-state index in [1.807, 2.05) is 0 Å². The number of ether oxygens (including phenoxy) is 4. The van der Waals surface area contributed by atoms with Crippen molar-refractivity contribution in [2.24, 2.45) is 17.8 Å². The Morgan fingerprint density at radius 1 is 0.355 bits per heavy atom.